The first-order chi connectivity index (χ1) is 10.2. The fraction of sp³-hybridized carbons (Fsp3) is 0.357. The van der Waals surface area contributed by atoms with E-state index in [1.807, 2.05) is 36.4 Å². The monoisotopic (exact) mass is 302 g/mol. The van der Waals surface area contributed by atoms with Gasteiger partial charge in [0.05, 0.1) is 18.4 Å². The maximum absolute atomic E-state index is 4.64. The fourth-order valence-corrected chi connectivity index (χ4v) is 2.88. The number of rotatable bonds is 6. The predicted molar refractivity (Wildman–Crippen MR) is 82.8 cm³/mol. The Morgan fingerprint density at radius 3 is 3.00 bits per heavy atom. The fourth-order valence-electron chi connectivity index (χ4n) is 2.08. The zero-order valence-electron chi connectivity index (χ0n) is 12.1. The summed E-state index contributed by atoms with van der Waals surface area (Å²) in [6.07, 6.45) is 7.60. The second-order valence-corrected chi connectivity index (χ2v) is 5.91. The third kappa shape index (κ3) is 3.56. The smallest absolute Gasteiger partial charge is 0.126 e. The third-order valence-electron chi connectivity index (χ3n) is 3.16. The number of nitrogens with zero attached hydrogens (tertiary/aromatic N) is 5. The second-order valence-electron chi connectivity index (χ2n) is 5.06. The summed E-state index contributed by atoms with van der Waals surface area (Å²) in [7, 11) is 1.91. The molecule has 0 aliphatic carbocycles. The molecule has 21 heavy (non-hydrogen) atoms. The van der Waals surface area contributed by atoms with Crippen LogP contribution in [0.2, 0.25) is 0 Å². The number of hydrogen-bond donors (Lipinski definition) is 1. The molecule has 0 radical (unpaired) electrons. The zero-order valence-corrected chi connectivity index (χ0v) is 12.9. The molecule has 0 aliphatic rings. The molecule has 1 atom stereocenters. The Balaban J connectivity index is 1.55. The van der Waals surface area contributed by atoms with E-state index in [9.17, 15) is 0 Å². The van der Waals surface area contributed by atoms with Crippen LogP contribution in [0.4, 0.5) is 0 Å². The molecule has 0 bridgehead atoms. The molecule has 0 aromatic carbocycles. The van der Waals surface area contributed by atoms with Gasteiger partial charge in [0.2, 0.25) is 0 Å². The Hall–Kier alpha value is -1.99. The molecule has 6 nitrogen and oxygen atoms in total. The highest BCUT2D eigenvalue weighted by molar-refractivity contribution is 7.13. The number of aryl methyl sites for hydroxylation is 1. The van der Waals surface area contributed by atoms with Crippen molar-refractivity contribution in [1.29, 1.82) is 0 Å². The molecule has 0 amide bonds. The highest BCUT2D eigenvalue weighted by Crippen LogP contribution is 2.22. The molecule has 3 aromatic heterocycles. The summed E-state index contributed by atoms with van der Waals surface area (Å²) in [4.78, 5) is 4.64. The Kier molecular flexibility index (Phi) is 4.12. The number of aromatic nitrogens is 5. The van der Waals surface area contributed by atoms with Crippen molar-refractivity contribution in [1.82, 2.24) is 29.9 Å². The van der Waals surface area contributed by atoms with Gasteiger partial charge in [-0.3, -0.25) is 9.36 Å². The molecule has 0 saturated heterocycles. The van der Waals surface area contributed by atoms with Crippen LogP contribution in [0, 0.1) is 0 Å². The lowest BCUT2D eigenvalue weighted by Gasteiger charge is -2.12. The van der Waals surface area contributed by atoms with E-state index in [0.29, 0.717) is 6.04 Å². The van der Waals surface area contributed by atoms with Crippen LogP contribution in [-0.2, 0) is 20.1 Å². The minimum absolute atomic E-state index is 0.341. The summed E-state index contributed by atoms with van der Waals surface area (Å²) < 4.78 is 3.72. The van der Waals surface area contributed by atoms with E-state index in [1.54, 1.807) is 22.2 Å². The molecule has 110 valence electrons. The first-order valence-corrected chi connectivity index (χ1v) is 7.73. The van der Waals surface area contributed by atoms with E-state index in [4.69, 9.17) is 0 Å². The van der Waals surface area contributed by atoms with Crippen LogP contribution >= 0.6 is 11.3 Å². The second kappa shape index (κ2) is 6.19. The third-order valence-corrected chi connectivity index (χ3v) is 4.10. The average Bonchev–Trinajstić information content (AvgIpc) is 3.17. The van der Waals surface area contributed by atoms with Crippen molar-refractivity contribution < 1.29 is 0 Å². The first kappa shape index (κ1) is 14.0. The van der Waals surface area contributed by atoms with Gasteiger partial charge in [0.25, 0.3) is 0 Å². The van der Waals surface area contributed by atoms with Crippen LogP contribution in [0.3, 0.4) is 0 Å². The lowest BCUT2D eigenvalue weighted by Crippen LogP contribution is -2.30. The van der Waals surface area contributed by atoms with Crippen molar-refractivity contribution >= 4 is 11.3 Å². The molecule has 1 N–H and O–H groups in total. The van der Waals surface area contributed by atoms with Crippen LogP contribution in [0.5, 0.6) is 0 Å². The molecule has 0 saturated carbocycles. The van der Waals surface area contributed by atoms with Crippen molar-refractivity contribution in [2.45, 2.75) is 26.1 Å². The summed E-state index contributed by atoms with van der Waals surface area (Å²) in [5, 5.41) is 15.0. The van der Waals surface area contributed by atoms with Gasteiger partial charge < -0.3 is 5.32 Å². The van der Waals surface area contributed by atoms with E-state index >= 15 is 0 Å². The SMILES string of the molecule is CC(Cn1cccn1)NCc1csc(-c2cnn(C)c2)n1. The van der Waals surface area contributed by atoms with Crippen molar-refractivity contribution in [3.8, 4) is 10.6 Å². The van der Waals surface area contributed by atoms with Crippen molar-refractivity contribution in [3.05, 3.63) is 41.9 Å². The summed E-state index contributed by atoms with van der Waals surface area (Å²) in [6.45, 7) is 3.77. The molecule has 1 unspecified atom stereocenters. The highest BCUT2D eigenvalue weighted by Gasteiger charge is 2.08. The standard InChI is InChI=1S/C14H18N6S/c1-11(8-20-5-3-4-16-20)15-7-13-10-21-14(18-13)12-6-17-19(2)9-12/h3-6,9-11,15H,7-8H2,1-2H3. The largest absolute Gasteiger partial charge is 0.307 e. The zero-order chi connectivity index (χ0) is 14.7. The van der Waals surface area contributed by atoms with Crippen LogP contribution in [-0.4, -0.2) is 30.6 Å². The van der Waals surface area contributed by atoms with Crippen molar-refractivity contribution in [2.75, 3.05) is 0 Å². The Bertz CT molecular complexity index is 684. The van der Waals surface area contributed by atoms with Crippen molar-refractivity contribution in [2.24, 2.45) is 7.05 Å². The Morgan fingerprint density at radius 1 is 1.38 bits per heavy atom. The molecule has 0 spiro atoms. The molecule has 3 rings (SSSR count). The number of hydrogen-bond acceptors (Lipinski definition) is 5. The minimum atomic E-state index is 0.341. The maximum Gasteiger partial charge on any atom is 0.126 e. The summed E-state index contributed by atoms with van der Waals surface area (Å²) >= 11 is 1.65. The molecule has 3 aromatic rings. The van der Waals surface area contributed by atoms with Crippen LogP contribution < -0.4 is 5.32 Å². The van der Waals surface area contributed by atoms with Crippen LogP contribution in [0.25, 0.3) is 10.6 Å². The summed E-state index contributed by atoms with van der Waals surface area (Å²) in [6, 6.07) is 2.28. The van der Waals surface area contributed by atoms with E-state index in [-0.39, 0.29) is 0 Å². The van der Waals surface area contributed by atoms with E-state index in [1.165, 1.54) is 0 Å². The van der Waals surface area contributed by atoms with E-state index in [0.717, 1.165) is 29.4 Å². The quantitative estimate of drug-likeness (QED) is 0.756. The summed E-state index contributed by atoms with van der Waals surface area (Å²) in [5.74, 6) is 0. The van der Waals surface area contributed by atoms with Crippen LogP contribution in [0.15, 0.2) is 36.2 Å². The van der Waals surface area contributed by atoms with E-state index in [2.05, 4.69) is 32.8 Å². The van der Waals surface area contributed by atoms with E-state index < -0.39 is 0 Å². The van der Waals surface area contributed by atoms with Gasteiger partial charge in [0, 0.05) is 49.2 Å². The molecular weight excluding hydrogens is 284 g/mol. The van der Waals surface area contributed by atoms with Gasteiger partial charge in [-0.2, -0.15) is 10.2 Å². The van der Waals surface area contributed by atoms with Gasteiger partial charge in [0.1, 0.15) is 5.01 Å². The van der Waals surface area contributed by atoms with Gasteiger partial charge in [-0.15, -0.1) is 11.3 Å². The van der Waals surface area contributed by atoms with Gasteiger partial charge in [-0.25, -0.2) is 4.98 Å². The van der Waals surface area contributed by atoms with Crippen LogP contribution in [0.1, 0.15) is 12.6 Å². The Labute approximate surface area is 127 Å². The van der Waals surface area contributed by atoms with Gasteiger partial charge in [0.15, 0.2) is 0 Å². The topological polar surface area (TPSA) is 60.6 Å². The summed E-state index contributed by atoms with van der Waals surface area (Å²) in [5.41, 5.74) is 2.13. The van der Waals surface area contributed by atoms with Gasteiger partial charge >= 0.3 is 0 Å². The molecule has 3 heterocycles. The Morgan fingerprint density at radius 2 is 2.29 bits per heavy atom. The minimum Gasteiger partial charge on any atom is -0.307 e. The normalized spacial score (nSPS) is 12.7. The van der Waals surface area contributed by atoms with Gasteiger partial charge in [-0.05, 0) is 13.0 Å². The predicted octanol–water partition coefficient (Wildman–Crippen LogP) is 1.92. The maximum atomic E-state index is 4.64. The van der Waals surface area contributed by atoms with Gasteiger partial charge in [-0.1, -0.05) is 0 Å². The molecule has 7 heteroatoms. The lowest BCUT2D eigenvalue weighted by atomic mass is 10.3. The molecule has 0 fully saturated rings. The lowest BCUT2D eigenvalue weighted by molar-refractivity contribution is 0.449. The number of thiazole rings is 1. The molecule has 0 aliphatic heterocycles. The first-order valence-electron chi connectivity index (χ1n) is 6.85. The molecular formula is C14H18N6S. The van der Waals surface area contributed by atoms with Crippen molar-refractivity contribution in [3.63, 3.8) is 0 Å². The highest BCUT2D eigenvalue weighted by atomic mass is 32.1. The number of nitrogens with one attached hydrogen (secondary N) is 1. The average molecular weight is 302 g/mol.